The summed E-state index contributed by atoms with van der Waals surface area (Å²) in [6, 6.07) is 22.3. The molecule has 2 atom stereocenters. The number of alkyl halides is 12. The molecule has 0 bridgehead atoms. The summed E-state index contributed by atoms with van der Waals surface area (Å²) >= 11 is 0. The Kier molecular flexibility index (Phi) is 8.74. The van der Waals surface area contributed by atoms with Gasteiger partial charge in [0.2, 0.25) is 0 Å². The normalized spacial score (nSPS) is 20.1. The second kappa shape index (κ2) is 12.4. The number of fused-ring (bicyclic) bond motifs is 4. The fourth-order valence-corrected chi connectivity index (χ4v) is 14.9. The molecule has 0 radical (unpaired) electrons. The van der Waals surface area contributed by atoms with Gasteiger partial charge >= 0.3 is 305 Å². The Balaban J connectivity index is 1.80. The summed E-state index contributed by atoms with van der Waals surface area (Å²) in [5, 5.41) is 9.92. The third kappa shape index (κ3) is 5.10. The molecule has 0 saturated heterocycles. The van der Waals surface area contributed by atoms with Gasteiger partial charge in [-0.25, -0.2) is 0 Å². The van der Waals surface area contributed by atoms with E-state index in [1.807, 2.05) is 0 Å². The van der Waals surface area contributed by atoms with Crippen LogP contribution >= 0.6 is 7.06 Å². The molecule has 0 aliphatic carbocycles. The Morgan fingerprint density at radius 1 is 0.455 bits per heavy atom. The van der Waals surface area contributed by atoms with Gasteiger partial charge in [0.25, 0.3) is 0 Å². The first-order chi connectivity index (χ1) is 25.7. The Hall–Kier alpha value is -4.63. The first-order valence-corrected chi connectivity index (χ1v) is 18.4. The van der Waals surface area contributed by atoms with E-state index >= 15 is 52.7 Å². The summed E-state index contributed by atoms with van der Waals surface area (Å²) in [5.74, 6) is 0. The Morgan fingerprint density at radius 3 is 1.16 bits per heavy atom. The van der Waals surface area contributed by atoms with Crippen LogP contribution in [-0.4, -0.2) is 29.9 Å². The molecule has 7 rings (SSSR count). The van der Waals surface area contributed by atoms with Crippen LogP contribution in [0.15, 0.2) is 140 Å². The third-order valence-corrected chi connectivity index (χ3v) is 15.6. The van der Waals surface area contributed by atoms with Gasteiger partial charge in [-0.2, -0.15) is 0 Å². The predicted molar refractivity (Wildman–Crippen MR) is 178 cm³/mol. The average molecular weight is 804 g/mol. The van der Waals surface area contributed by atoms with Gasteiger partial charge in [0, 0.05) is 0 Å². The number of hydrogen-bond donors (Lipinski definition) is 1. The van der Waals surface area contributed by atoms with Crippen LogP contribution in [-0.2, 0) is 20.2 Å². The van der Waals surface area contributed by atoms with Crippen molar-refractivity contribution in [3.63, 3.8) is 0 Å². The molecule has 17 heteroatoms. The van der Waals surface area contributed by atoms with Gasteiger partial charge in [0.1, 0.15) is 0 Å². The topological polar surface area (TPSA) is 41.9 Å². The zero-order chi connectivity index (χ0) is 39.9. The van der Waals surface area contributed by atoms with E-state index in [0.717, 1.165) is 36.4 Å². The minimum absolute atomic E-state index is 0.156. The Morgan fingerprint density at radius 2 is 0.782 bits per heavy atom. The molecule has 0 unspecified atom stereocenters. The fraction of sp³-hybridized carbons (Fsp3) is 0.211. The average Bonchev–Trinajstić information content (AvgIpc) is 3.59. The molecule has 5 aromatic rings. The van der Waals surface area contributed by atoms with Gasteiger partial charge in [0.05, 0.1) is 0 Å². The summed E-state index contributed by atoms with van der Waals surface area (Å²) in [6.07, 6.45) is -26.3. The van der Waals surface area contributed by atoms with Gasteiger partial charge in [0.15, 0.2) is 0 Å². The minimum atomic E-state index is -7.53. The maximum absolute atomic E-state index is 15.7. The number of hydrogen-bond acceptors (Lipinski definition) is 4. The van der Waals surface area contributed by atoms with Crippen LogP contribution in [0, 0.1) is 0 Å². The fourth-order valence-electron chi connectivity index (χ4n) is 8.03. The zero-order valence-corrected chi connectivity index (χ0v) is 28.5. The molecular weight excluding hydrogens is 777 g/mol. The second-order valence-corrected chi connectivity index (χ2v) is 16.9. The molecule has 5 aromatic carbocycles. The number of anilines is 1. The van der Waals surface area contributed by atoms with Crippen molar-refractivity contribution in [1.29, 1.82) is 0 Å². The summed E-state index contributed by atoms with van der Waals surface area (Å²) in [7, 11) is -7.53. The molecule has 2 aliphatic heterocycles. The van der Waals surface area contributed by atoms with Crippen LogP contribution in [0.25, 0.3) is 0 Å². The molecule has 2 aliphatic rings. The van der Waals surface area contributed by atoms with E-state index < -0.39 is 82.0 Å². The quantitative estimate of drug-likeness (QED) is 0.105. The van der Waals surface area contributed by atoms with Crippen molar-refractivity contribution in [2.75, 3.05) is 5.06 Å². The standard InChI is InChI=1S/C38H26F12NO3P/c39-35(40,41)33(36(42,43)44)27-20-10-12-22-29(27)55(53-33,30-23-13-11-21-28(30)34(54-55,37(45,46)47)38(48,49)50)32(25-16-6-2-7-17-25)31(24-14-4-1-5-15-24)51(52)26-18-8-3-9-19-26/h1-23,31-32,52H/t31-,32+/m1/s1. The van der Waals surface area contributed by atoms with Crippen LogP contribution in [0.5, 0.6) is 0 Å². The molecule has 55 heavy (non-hydrogen) atoms. The number of benzene rings is 5. The molecule has 0 saturated carbocycles. The number of rotatable bonds is 6. The van der Waals surface area contributed by atoms with Crippen LogP contribution in [0.4, 0.5) is 58.4 Å². The number of para-hydroxylation sites is 1. The first kappa shape index (κ1) is 38.6. The van der Waals surface area contributed by atoms with Crippen LogP contribution in [0.2, 0.25) is 0 Å². The summed E-state index contributed by atoms with van der Waals surface area (Å²) < 4.78 is 199. The van der Waals surface area contributed by atoms with Crippen LogP contribution in [0.1, 0.15) is 34.0 Å². The molecule has 290 valence electrons. The number of hydroxylamine groups is 1. The van der Waals surface area contributed by atoms with E-state index in [4.69, 9.17) is 9.05 Å². The second-order valence-electron chi connectivity index (χ2n) is 13.0. The summed E-state index contributed by atoms with van der Waals surface area (Å²) in [5.41, 5.74) is -18.1. The van der Waals surface area contributed by atoms with Crippen molar-refractivity contribution < 1.29 is 66.9 Å². The molecule has 0 aromatic heterocycles. The Labute approximate surface area is 304 Å². The van der Waals surface area contributed by atoms with Crippen molar-refractivity contribution in [1.82, 2.24) is 0 Å². The SMILES string of the molecule is ON(c1ccccc1)[C@H](c1ccccc1)[C@H](c1ccccc1)P12(OC(C(F)(F)F)(C(F)(F)F)c3ccccc31)OC(C(F)(F)F)(C(F)(F)F)c1ccccc12. The van der Waals surface area contributed by atoms with Crippen molar-refractivity contribution in [2.45, 2.75) is 47.6 Å². The zero-order valence-electron chi connectivity index (χ0n) is 27.6. The van der Waals surface area contributed by atoms with E-state index in [9.17, 15) is 5.21 Å². The van der Waals surface area contributed by atoms with Gasteiger partial charge < -0.3 is 0 Å². The molecule has 0 amide bonds. The van der Waals surface area contributed by atoms with Crippen molar-refractivity contribution in [2.24, 2.45) is 0 Å². The maximum atomic E-state index is 15.7. The van der Waals surface area contributed by atoms with E-state index in [1.54, 1.807) is 0 Å². The van der Waals surface area contributed by atoms with Crippen LogP contribution in [0.3, 0.4) is 0 Å². The van der Waals surface area contributed by atoms with Crippen molar-refractivity contribution in [3.8, 4) is 0 Å². The molecule has 1 spiro atoms. The van der Waals surface area contributed by atoms with Gasteiger partial charge in [-0.05, 0) is 0 Å². The van der Waals surface area contributed by atoms with Gasteiger partial charge in [-0.1, -0.05) is 0 Å². The summed E-state index contributed by atoms with van der Waals surface area (Å²) in [6.45, 7) is 0. The molecule has 4 nitrogen and oxygen atoms in total. The molecule has 0 fully saturated rings. The van der Waals surface area contributed by atoms with Gasteiger partial charge in [-0.3, -0.25) is 0 Å². The van der Waals surface area contributed by atoms with E-state index in [1.165, 1.54) is 78.9 Å². The van der Waals surface area contributed by atoms with Crippen LogP contribution < -0.4 is 15.7 Å². The molecular formula is C38H26F12NO3P. The predicted octanol–water partition coefficient (Wildman–Crippen LogP) is 11.1. The first-order valence-electron chi connectivity index (χ1n) is 16.2. The van der Waals surface area contributed by atoms with E-state index in [0.29, 0.717) is 29.3 Å². The number of halogens is 12. The monoisotopic (exact) mass is 803 g/mol. The van der Waals surface area contributed by atoms with E-state index in [-0.39, 0.29) is 11.3 Å². The third-order valence-electron chi connectivity index (χ3n) is 10.1. The molecule has 1 N–H and O–H groups in total. The Bertz CT molecular complexity index is 2080. The van der Waals surface area contributed by atoms with E-state index in [2.05, 4.69) is 0 Å². The molecule has 2 heterocycles. The number of nitrogens with zero attached hydrogens (tertiary/aromatic N) is 1. The van der Waals surface area contributed by atoms with Gasteiger partial charge in [-0.15, -0.1) is 0 Å². The van der Waals surface area contributed by atoms with Crippen molar-refractivity contribution in [3.05, 3.63) is 162 Å². The van der Waals surface area contributed by atoms with Crippen molar-refractivity contribution >= 4 is 23.4 Å². The summed E-state index contributed by atoms with van der Waals surface area (Å²) in [4.78, 5) is 0.